The first-order valence-corrected chi connectivity index (χ1v) is 20.8. The van der Waals surface area contributed by atoms with Gasteiger partial charge in [0.2, 0.25) is 11.8 Å². The summed E-state index contributed by atoms with van der Waals surface area (Å²) >= 11 is 10.3. The zero-order chi connectivity index (χ0) is 40.6. The number of esters is 1. The Bertz CT molecular complexity index is 1750. The fraction of sp³-hybridized carbons (Fsp3) is 0.548. The van der Waals surface area contributed by atoms with Crippen LogP contribution in [0.3, 0.4) is 0 Å². The summed E-state index contributed by atoms with van der Waals surface area (Å²) in [5.41, 5.74) is 9.75. The Morgan fingerprint density at radius 2 is 1.84 bits per heavy atom. The summed E-state index contributed by atoms with van der Waals surface area (Å²) in [6.45, 7) is 11.6. The van der Waals surface area contributed by atoms with Gasteiger partial charge in [0.15, 0.2) is 0 Å². The van der Waals surface area contributed by atoms with Crippen LogP contribution in [0, 0.1) is 29.1 Å². The van der Waals surface area contributed by atoms with Gasteiger partial charge >= 0.3 is 5.97 Å². The normalized spacial score (nSPS) is 19.5. The molecule has 3 aromatic rings. The van der Waals surface area contributed by atoms with E-state index >= 15 is 0 Å². The maximum atomic E-state index is 12.8. The van der Waals surface area contributed by atoms with Crippen LogP contribution in [0.5, 0.6) is 0 Å². The van der Waals surface area contributed by atoms with Gasteiger partial charge in [0.1, 0.15) is 6.04 Å². The number of carbonyl (C=O) groups excluding carboxylic acids is 3. The number of halogens is 1. The summed E-state index contributed by atoms with van der Waals surface area (Å²) in [7, 11) is 0. The van der Waals surface area contributed by atoms with Crippen molar-refractivity contribution >= 4 is 47.7 Å². The number of hydrogen-bond acceptors (Lipinski definition) is 10. The molecule has 0 saturated carbocycles. The maximum Gasteiger partial charge on any atom is 0.328 e. The lowest BCUT2D eigenvalue weighted by molar-refractivity contribution is -0.141. The van der Waals surface area contributed by atoms with Gasteiger partial charge in [-0.3, -0.25) is 9.59 Å². The highest BCUT2D eigenvalue weighted by atomic mass is 35.5. The van der Waals surface area contributed by atoms with Crippen molar-refractivity contribution in [3.63, 3.8) is 0 Å². The lowest BCUT2D eigenvalue weighted by Gasteiger charge is -2.32. The first kappa shape index (κ1) is 44.8. The fourth-order valence-corrected chi connectivity index (χ4v) is 7.19. The molecule has 2 amide bonds. The molecule has 0 bridgehead atoms. The summed E-state index contributed by atoms with van der Waals surface area (Å²) in [6.07, 6.45) is 8.44. The molecule has 1 aromatic heterocycles. The number of hydrogen-bond donors (Lipinski definition) is 5. The minimum Gasteiger partial charge on any atom is -0.464 e. The second-order valence-electron chi connectivity index (χ2n) is 15.0. The number of imidazole rings is 1. The van der Waals surface area contributed by atoms with E-state index in [1.165, 1.54) is 0 Å². The van der Waals surface area contributed by atoms with E-state index in [2.05, 4.69) is 65.0 Å². The predicted molar refractivity (Wildman–Crippen MR) is 225 cm³/mol. The van der Waals surface area contributed by atoms with Crippen molar-refractivity contribution in [2.45, 2.75) is 96.9 Å². The molecule has 56 heavy (non-hydrogen) atoms. The average Bonchev–Trinajstić information content (AvgIpc) is 3.82. The van der Waals surface area contributed by atoms with Gasteiger partial charge in [-0.25, -0.2) is 9.78 Å². The van der Waals surface area contributed by atoms with Gasteiger partial charge in [-0.05, 0) is 66.5 Å². The summed E-state index contributed by atoms with van der Waals surface area (Å²) in [6, 6.07) is 16.5. The number of anilines is 1. The molecule has 14 heteroatoms. The first-order chi connectivity index (χ1) is 27.0. The molecule has 2 aliphatic heterocycles. The highest BCUT2D eigenvalue weighted by Crippen LogP contribution is 2.28. The van der Waals surface area contributed by atoms with E-state index in [1.54, 1.807) is 0 Å². The van der Waals surface area contributed by atoms with Crippen molar-refractivity contribution in [3.05, 3.63) is 82.9 Å². The molecule has 0 radical (unpaired) electrons. The molecule has 5 N–H and O–H groups in total. The third-order valence-corrected chi connectivity index (χ3v) is 11.6. The van der Waals surface area contributed by atoms with Crippen LogP contribution in [-0.4, -0.2) is 83.5 Å². The first-order valence-electron chi connectivity index (χ1n) is 19.8. The SMILES string of the molecule is CCC(C)C(CNC(C(=O)NC1CCOC1=O)C(C)CC)NCC(N)CS.N#Cc1ccc(Cn2cncc2CC2CCN(c3cccc(Cl)c3)C(=O)C2)cc1. The predicted octanol–water partition coefficient (Wildman–Crippen LogP) is 5.13. The average molecular weight is 808 g/mol. The number of piperidine rings is 1. The Morgan fingerprint density at radius 3 is 2.46 bits per heavy atom. The molecule has 3 heterocycles. The number of nitriles is 1. The van der Waals surface area contributed by atoms with Crippen LogP contribution in [0.15, 0.2) is 61.1 Å². The number of benzene rings is 2. The van der Waals surface area contributed by atoms with Crippen LogP contribution < -0.4 is 26.6 Å². The van der Waals surface area contributed by atoms with E-state index in [-0.39, 0.29) is 41.8 Å². The van der Waals surface area contributed by atoms with E-state index in [9.17, 15) is 14.4 Å². The van der Waals surface area contributed by atoms with Crippen molar-refractivity contribution in [3.8, 4) is 6.07 Å². The molecule has 2 saturated heterocycles. The molecule has 12 nitrogen and oxygen atoms in total. The Morgan fingerprint density at radius 1 is 1.09 bits per heavy atom. The Balaban J connectivity index is 0.000000250. The minimum atomic E-state index is -0.525. The minimum absolute atomic E-state index is 0.00179. The second-order valence-corrected chi connectivity index (χ2v) is 15.8. The molecule has 2 aliphatic rings. The van der Waals surface area contributed by atoms with Crippen molar-refractivity contribution in [2.75, 3.05) is 36.9 Å². The molecular weight excluding hydrogens is 748 g/mol. The van der Waals surface area contributed by atoms with Crippen molar-refractivity contribution < 1.29 is 19.1 Å². The fourth-order valence-electron chi connectivity index (χ4n) is 6.88. The van der Waals surface area contributed by atoms with Crippen LogP contribution in [0.4, 0.5) is 5.69 Å². The van der Waals surface area contributed by atoms with Crippen LogP contribution in [0.1, 0.15) is 76.6 Å². The quantitative estimate of drug-likeness (QED) is 0.0866. The molecule has 0 aliphatic carbocycles. The third-order valence-electron chi connectivity index (χ3n) is 10.9. The standard InChI is InChI=1S/C23H21ClN4O.C19H38N4O3S/c24-20-2-1-3-21(12-20)28-9-8-19(11-23(28)29)10-22-14-26-16-27(22)15-18-6-4-17(13-25)5-7-18;1-5-12(3)16(21-9-14(20)11-27)10-22-17(13(4)6-2)18(24)23-15-7-8-26-19(15)25/h1-7,12,14,16,19H,8-11,15H2;12-17,21-22,27H,5-11,20H2,1-4H3,(H,23,24). The van der Waals surface area contributed by atoms with E-state index in [0.717, 1.165) is 42.6 Å². The smallest absolute Gasteiger partial charge is 0.328 e. The van der Waals surface area contributed by atoms with Crippen molar-refractivity contribution in [1.82, 2.24) is 25.5 Å². The Hall–Kier alpha value is -3.93. The van der Waals surface area contributed by atoms with E-state index in [1.807, 2.05) is 72.9 Å². The van der Waals surface area contributed by atoms with Gasteiger partial charge in [-0.2, -0.15) is 17.9 Å². The number of aromatic nitrogens is 2. The van der Waals surface area contributed by atoms with Gasteiger partial charge in [0, 0.05) is 79.5 Å². The number of amides is 2. The summed E-state index contributed by atoms with van der Waals surface area (Å²) in [4.78, 5) is 43.3. The highest BCUT2D eigenvalue weighted by Gasteiger charge is 2.33. The Labute approximate surface area is 342 Å². The van der Waals surface area contributed by atoms with Gasteiger partial charge in [0.05, 0.1) is 30.6 Å². The summed E-state index contributed by atoms with van der Waals surface area (Å²) in [5, 5.41) is 19.4. The summed E-state index contributed by atoms with van der Waals surface area (Å²) in [5.74, 6) is 1.18. The van der Waals surface area contributed by atoms with Gasteiger partial charge in [-0.1, -0.05) is 70.3 Å². The Kier molecular flexibility index (Phi) is 18.2. The monoisotopic (exact) mass is 806 g/mol. The van der Waals surface area contributed by atoms with Crippen molar-refractivity contribution in [1.29, 1.82) is 5.26 Å². The molecule has 7 unspecified atom stereocenters. The molecule has 0 spiro atoms. The number of thiol groups is 1. The van der Waals surface area contributed by atoms with Crippen LogP contribution >= 0.6 is 24.2 Å². The maximum absolute atomic E-state index is 12.8. The number of rotatable bonds is 18. The van der Waals surface area contributed by atoms with Crippen LogP contribution in [-0.2, 0) is 32.1 Å². The molecule has 5 rings (SSSR count). The van der Waals surface area contributed by atoms with E-state index < -0.39 is 6.04 Å². The van der Waals surface area contributed by atoms with Gasteiger partial charge < -0.3 is 35.9 Å². The van der Waals surface area contributed by atoms with E-state index in [0.29, 0.717) is 73.8 Å². The van der Waals surface area contributed by atoms with Gasteiger partial charge in [0.25, 0.3) is 0 Å². The second kappa shape index (κ2) is 22.7. The molecule has 7 atom stereocenters. The van der Waals surface area contributed by atoms with Crippen LogP contribution in [0.2, 0.25) is 5.02 Å². The number of nitrogens with one attached hydrogen (secondary N) is 3. The third kappa shape index (κ3) is 13.3. The molecule has 2 aromatic carbocycles. The van der Waals surface area contributed by atoms with Crippen molar-refractivity contribution in [2.24, 2.45) is 23.5 Å². The zero-order valence-electron chi connectivity index (χ0n) is 33.1. The lowest BCUT2D eigenvalue weighted by atomic mass is 9.91. The lowest BCUT2D eigenvalue weighted by Crippen LogP contribution is -2.56. The number of carbonyl (C=O) groups is 3. The van der Waals surface area contributed by atoms with E-state index in [4.69, 9.17) is 27.3 Å². The molecule has 304 valence electrons. The molecule has 2 fully saturated rings. The topological polar surface area (TPSA) is 167 Å². The number of ether oxygens (including phenoxy) is 1. The number of cyclic esters (lactones) is 1. The van der Waals surface area contributed by atoms with Crippen LogP contribution in [0.25, 0.3) is 0 Å². The number of nitrogens with two attached hydrogens (primary N) is 1. The number of nitrogens with zero attached hydrogens (tertiary/aromatic N) is 4. The summed E-state index contributed by atoms with van der Waals surface area (Å²) < 4.78 is 7.06. The highest BCUT2D eigenvalue weighted by molar-refractivity contribution is 7.80. The molecular formula is C42H59ClN8O4S. The van der Waals surface area contributed by atoms with Gasteiger partial charge in [-0.15, -0.1) is 0 Å². The zero-order valence-corrected chi connectivity index (χ0v) is 34.8. The largest absolute Gasteiger partial charge is 0.464 e.